The molecule has 0 aliphatic rings. The lowest BCUT2D eigenvalue weighted by Crippen LogP contribution is -2.45. The van der Waals surface area contributed by atoms with Gasteiger partial charge in [0.2, 0.25) is 5.91 Å². The average molecular weight is 1050 g/mol. The molecule has 0 aromatic heterocycles. The number of hydrogen-bond acceptors (Lipinski definition) is 5. The highest BCUT2D eigenvalue weighted by molar-refractivity contribution is 5.76. The smallest absolute Gasteiger partial charge is 0.305 e. The summed E-state index contributed by atoms with van der Waals surface area (Å²) in [6.45, 7) is 4.94. The van der Waals surface area contributed by atoms with E-state index in [2.05, 4.69) is 55.6 Å². The van der Waals surface area contributed by atoms with E-state index in [1.807, 2.05) is 0 Å². The lowest BCUT2D eigenvalue weighted by molar-refractivity contribution is -0.143. The van der Waals surface area contributed by atoms with Gasteiger partial charge in [-0.15, -0.1) is 0 Å². The fourth-order valence-electron chi connectivity index (χ4n) is 10.5. The fourth-order valence-corrected chi connectivity index (χ4v) is 10.5. The first-order chi connectivity index (χ1) is 37.0. The van der Waals surface area contributed by atoms with Crippen LogP contribution in [0.25, 0.3) is 0 Å². The zero-order valence-electron chi connectivity index (χ0n) is 50.5. The number of rotatable bonds is 63. The second-order valence-corrected chi connectivity index (χ2v) is 23.1. The highest BCUT2D eigenvalue weighted by atomic mass is 16.5. The van der Waals surface area contributed by atoms with Gasteiger partial charge in [0.05, 0.1) is 25.4 Å². The quantitative estimate of drug-likeness (QED) is 0.0320. The van der Waals surface area contributed by atoms with Gasteiger partial charge in [-0.05, 0) is 83.5 Å². The van der Waals surface area contributed by atoms with Crippen molar-refractivity contribution in [2.24, 2.45) is 0 Å². The Kier molecular flexibility index (Phi) is 63.0. The number of aliphatic hydroxyl groups excluding tert-OH is 2. The van der Waals surface area contributed by atoms with Crippen LogP contribution in [0, 0.1) is 0 Å². The maximum Gasteiger partial charge on any atom is 0.305 e. The third-order valence-corrected chi connectivity index (χ3v) is 15.7. The van der Waals surface area contributed by atoms with E-state index in [9.17, 15) is 19.8 Å². The van der Waals surface area contributed by atoms with Gasteiger partial charge in [0.1, 0.15) is 0 Å². The number of amides is 1. The van der Waals surface area contributed by atoms with Crippen LogP contribution in [-0.2, 0) is 14.3 Å². The number of unbranched alkanes of at least 4 members (excludes halogenated alkanes) is 46. The molecule has 0 spiro atoms. The minimum Gasteiger partial charge on any atom is -0.466 e. The lowest BCUT2D eigenvalue weighted by atomic mass is 10.0. The van der Waals surface area contributed by atoms with Crippen molar-refractivity contribution in [3.63, 3.8) is 0 Å². The van der Waals surface area contributed by atoms with Crippen LogP contribution in [0.3, 0.4) is 0 Å². The first kappa shape index (κ1) is 73.1. The van der Waals surface area contributed by atoms with E-state index in [1.54, 1.807) is 0 Å². The van der Waals surface area contributed by atoms with Gasteiger partial charge in [0, 0.05) is 12.8 Å². The number of hydrogen-bond donors (Lipinski definition) is 3. The third kappa shape index (κ3) is 61.2. The van der Waals surface area contributed by atoms with Crippen molar-refractivity contribution >= 4 is 11.9 Å². The van der Waals surface area contributed by atoms with Crippen LogP contribution in [0.15, 0.2) is 36.5 Å². The molecule has 0 rings (SSSR count). The molecule has 0 bridgehead atoms. The zero-order valence-corrected chi connectivity index (χ0v) is 50.5. The molecule has 0 aliphatic heterocycles. The Hall–Kier alpha value is -1.92. The molecule has 0 saturated heterocycles. The highest BCUT2D eigenvalue weighted by Gasteiger charge is 2.20. The summed E-state index contributed by atoms with van der Waals surface area (Å²) in [5.74, 6) is -0.0414. The summed E-state index contributed by atoms with van der Waals surface area (Å²) in [5.41, 5.74) is 0. The average Bonchev–Trinajstić information content (AvgIpc) is 3.41. The molecule has 6 nitrogen and oxygen atoms in total. The van der Waals surface area contributed by atoms with E-state index in [0.717, 1.165) is 51.4 Å². The molecule has 1 amide bonds. The van der Waals surface area contributed by atoms with Gasteiger partial charge in [0.15, 0.2) is 0 Å². The largest absolute Gasteiger partial charge is 0.466 e. The maximum atomic E-state index is 12.5. The van der Waals surface area contributed by atoms with Gasteiger partial charge in [0.25, 0.3) is 0 Å². The molecule has 0 saturated carbocycles. The summed E-state index contributed by atoms with van der Waals surface area (Å²) in [4.78, 5) is 24.6. The van der Waals surface area contributed by atoms with Crippen molar-refractivity contribution in [3.8, 4) is 0 Å². The van der Waals surface area contributed by atoms with Crippen LogP contribution in [0.2, 0.25) is 0 Å². The number of allylic oxidation sites excluding steroid dienone is 6. The SMILES string of the molecule is CCCCC/C=C\C/C=C\CCCCCCCCCC(=O)OCCCCCCCCCCC/C=C\CCCCCCCCCC(=O)NC(CO)C(O)CCCCCCCCCCCCCCCCCCCCCCC. The van der Waals surface area contributed by atoms with Crippen LogP contribution in [0.1, 0.15) is 367 Å². The van der Waals surface area contributed by atoms with Crippen LogP contribution < -0.4 is 5.32 Å². The molecular formula is C69H131NO5. The van der Waals surface area contributed by atoms with Crippen molar-refractivity contribution in [2.45, 2.75) is 379 Å². The Balaban J connectivity index is 3.43. The Morgan fingerprint density at radius 2 is 0.667 bits per heavy atom. The van der Waals surface area contributed by atoms with Gasteiger partial charge in [-0.25, -0.2) is 0 Å². The van der Waals surface area contributed by atoms with Gasteiger partial charge in [-0.1, -0.05) is 307 Å². The summed E-state index contributed by atoms with van der Waals surface area (Å²) < 4.78 is 5.49. The standard InChI is InChI=1S/C69H131NO5/c1-3-5-7-9-11-13-15-17-19-21-22-23-26-30-33-37-41-45-49-53-57-61-67(72)66(65-71)70-68(73)62-58-54-50-46-42-38-34-31-27-24-25-28-32-36-40-44-48-52-56-60-64-75-69(74)63-59-55-51-47-43-39-35-29-20-18-16-14-12-10-8-6-4-2/h12,14,18,20,24,27,66-67,71-72H,3-11,13,15-17,19,21-23,25-26,28-65H2,1-2H3,(H,70,73)/b14-12-,20-18-,27-24-. The number of nitrogens with one attached hydrogen (secondary N) is 1. The van der Waals surface area contributed by atoms with Gasteiger partial charge >= 0.3 is 5.97 Å². The predicted molar refractivity (Wildman–Crippen MR) is 329 cm³/mol. The van der Waals surface area contributed by atoms with E-state index in [4.69, 9.17) is 4.74 Å². The first-order valence-electron chi connectivity index (χ1n) is 33.7. The molecule has 0 aromatic rings. The summed E-state index contributed by atoms with van der Waals surface area (Å²) in [6.07, 6.45) is 81.6. The summed E-state index contributed by atoms with van der Waals surface area (Å²) in [7, 11) is 0. The molecule has 75 heavy (non-hydrogen) atoms. The van der Waals surface area contributed by atoms with Crippen LogP contribution in [0.4, 0.5) is 0 Å². The minimum absolute atomic E-state index is 0.000933. The Morgan fingerprint density at radius 3 is 1.05 bits per heavy atom. The summed E-state index contributed by atoms with van der Waals surface area (Å²) in [5, 5.41) is 23.4. The topological polar surface area (TPSA) is 95.9 Å². The molecule has 2 unspecified atom stereocenters. The summed E-state index contributed by atoms with van der Waals surface area (Å²) in [6, 6.07) is -0.550. The minimum atomic E-state index is -0.672. The molecule has 0 radical (unpaired) electrons. The fraction of sp³-hybridized carbons (Fsp3) is 0.884. The Morgan fingerprint density at radius 1 is 0.373 bits per heavy atom. The molecule has 3 N–H and O–H groups in total. The van der Waals surface area contributed by atoms with Crippen molar-refractivity contribution < 1.29 is 24.5 Å². The Labute approximate surface area is 468 Å². The monoisotopic (exact) mass is 1050 g/mol. The van der Waals surface area contributed by atoms with Crippen LogP contribution >= 0.6 is 0 Å². The number of esters is 1. The first-order valence-corrected chi connectivity index (χ1v) is 33.7. The zero-order chi connectivity index (χ0) is 54.3. The van der Waals surface area contributed by atoms with Crippen LogP contribution in [0.5, 0.6) is 0 Å². The van der Waals surface area contributed by atoms with E-state index in [-0.39, 0.29) is 18.5 Å². The number of carbonyl (C=O) groups excluding carboxylic acids is 2. The van der Waals surface area contributed by atoms with E-state index in [0.29, 0.717) is 25.9 Å². The van der Waals surface area contributed by atoms with E-state index >= 15 is 0 Å². The molecule has 0 heterocycles. The molecule has 442 valence electrons. The van der Waals surface area contributed by atoms with Crippen LogP contribution in [-0.4, -0.2) is 47.4 Å². The second kappa shape index (κ2) is 64.6. The van der Waals surface area contributed by atoms with E-state index < -0.39 is 12.1 Å². The predicted octanol–water partition coefficient (Wildman–Crippen LogP) is 21.5. The summed E-state index contributed by atoms with van der Waals surface area (Å²) >= 11 is 0. The third-order valence-electron chi connectivity index (χ3n) is 15.7. The molecule has 0 fully saturated rings. The van der Waals surface area contributed by atoms with E-state index in [1.165, 1.54) is 283 Å². The molecule has 6 heteroatoms. The van der Waals surface area contributed by atoms with Crippen molar-refractivity contribution in [1.29, 1.82) is 0 Å². The van der Waals surface area contributed by atoms with Gasteiger partial charge < -0.3 is 20.3 Å². The molecular weight excluding hydrogens is 923 g/mol. The van der Waals surface area contributed by atoms with Crippen molar-refractivity contribution in [3.05, 3.63) is 36.5 Å². The maximum absolute atomic E-state index is 12.5. The van der Waals surface area contributed by atoms with Gasteiger partial charge in [-0.2, -0.15) is 0 Å². The number of ether oxygens (including phenoxy) is 1. The normalized spacial score (nSPS) is 12.7. The molecule has 2 atom stereocenters. The highest BCUT2D eigenvalue weighted by Crippen LogP contribution is 2.18. The van der Waals surface area contributed by atoms with Crippen molar-refractivity contribution in [2.75, 3.05) is 13.2 Å². The second-order valence-electron chi connectivity index (χ2n) is 23.1. The Bertz CT molecular complexity index is 1210. The van der Waals surface area contributed by atoms with Crippen molar-refractivity contribution in [1.82, 2.24) is 5.32 Å². The molecule has 0 aliphatic carbocycles. The number of carbonyl (C=O) groups is 2. The van der Waals surface area contributed by atoms with Gasteiger partial charge in [-0.3, -0.25) is 9.59 Å². The molecule has 0 aromatic carbocycles. The lowest BCUT2D eigenvalue weighted by Gasteiger charge is -2.22. The number of aliphatic hydroxyl groups is 2.